The lowest BCUT2D eigenvalue weighted by atomic mass is 9.77. The number of nitrogens with zero attached hydrogens (tertiary/aromatic N) is 6. The predicted molar refractivity (Wildman–Crippen MR) is 171 cm³/mol. The Morgan fingerprint density at radius 2 is 1.57 bits per heavy atom. The molecular weight excluding hydrogens is 584 g/mol. The van der Waals surface area contributed by atoms with Crippen LogP contribution in [0.3, 0.4) is 0 Å². The summed E-state index contributed by atoms with van der Waals surface area (Å²) in [7, 11) is 3.26. The third-order valence-corrected chi connectivity index (χ3v) is 9.12. The number of carbonyl (C=O) groups excluding carboxylic acids is 3. The van der Waals surface area contributed by atoms with E-state index in [9.17, 15) is 14.4 Å². The summed E-state index contributed by atoms with van der Waals surface area (Å²) in [6, 6.07) is 20.4. The smallest absolute Gasteiger partial charge is 0.264 e. The van der Waals surface area contributed by atoms with Crippen molar-refractivity contribution in [2.75, 3.05) is 25.7 Å². The Morgan fingerprint density at radius 1 is 0.891 bits per heavy atom. The van der Waals surface area contributed by atoms with Gasteiger partial charge in [0.2, 0.25) is 0 Å². The van der Waals surface area contributed by atoms with Gasteiger partial charge in [0.15, 0.2) is 12.1 Å². The molecule has 3 aromatic carbocycles. The van der Waals surface area contributed by atoms with Crippen LogP contribution in [0.2, 0.25) is 0 Å². The van der Waals surface area contributed by atoms with Gasteiger partial charge in [-0.3, -0.25) is 19.4 Å². The fourth-order valence-corrected chi connectivity index (χ4v) is 6.76. The number of benzene rings is 3. The second-order valence-electron chi connectivity index (χ2n) is 11.9. The lowest BCUT2D eigenvalue weighted by Crippen LogP contribution is -2.45. The van der Waals surface area contributed by atoms with Crippen LogP contribution in [0.25, 0.3) is 6.08 Å². The van der Waals surface area contributed by atoms with Crippen LogP contribution in [0.4, 0.5) is 5.69 Å². The summed E-state index contributed by atoms with van der Waals surface area (Å²) in [5.74, 6) is 0.249. The number of ether oxygens (including phenoxy) is 2. The van der Waals surface area contributed by atoms with Crippen molar-refractivity contribution < 1.29 is 23.9 Å². The number of amides is 3. The number of hydrazone groups is 1. The van der Waals surface area contributed by atoms with Crippen LogP contribution in [0.15, 0.2) is 93.8 Å². The minimum absolute atomic E-state index is 0.0183. The predicted octanol–water partition coefficient (Wildman–Crippen LogP) is 5.13. The van der Waals surface area contributed by atoms with Gasteiger partial charge in [-0.05, 0) is 85.4 Å². The van der Waals surface area contributed by atoms with E-state index >= 15 is 0 Å². The number of rotatable bonds is 7. The summed E-state index contributed by atoms with van der Waals surface area (Å²) in [6.07, 6.45) is 4.79. The summed E-state index contributed by atoms with van der Waals surface area (Å²) >= 11 is 0. The van der Waals surface area contributed by atoms with Gasteiger partial charge in [-0.2, -0.15) is 10.2 Å². The third-order valence-electron chi connectivity index (χ3n) is 9.12. The van der Waals surface area contributed by atoms with Crippen LogP contribution in [-0.2, 0) is 14.4 Å². The molecule has 0 spiro atoms. The highest BCUT2D eigenvalue weighted by Crippen LogP contribution is 2.45. The molecule has 7 rings (SSSR count). The maximum Gasteiger partial charge on any atom is 0.264 e. The first-order chi connectivity index (χ1) is 22.4. The minimum Gasteiger partial charge on any atom is -0.497 e. The number of anilines is 1. The number of hydrogen-bond donors (Lipinski definition) is 0. The van der Waals surface area contributed by atoms with E-state index in [4.69, 9.17) is 14.6 Å². The molecule has 11 heteroatoms. The van der Waals surface area contributed by atoms with E-state index in [1.165, 1.54) is 10.0 Å². The van der Waals surface area contributed by atoms with Gasteiger partial charge in [-0.1, -0.05) is 47.2 Å². The molecule has 4 atom stereocenters. The van der Waals surface area contributed by atoms with Crippen molar-refractivity contribution in [3.05, 3.63) is 95.1 Å². The zero-order valence-electron chi connectivity index (χ0n) is 25.9. The summed E-state index contributed by atoms with van der Waals surface area (Å²) in [5.41, 5.74) is 5.41. The molecule has 2 fully saturated rings. The Kier molecular flexibility index (Phi) is 7.59. The Labute approximate surface area is 266 Å². The van der Waals surface area contributed by atoms with Gasteiger partial charge in [0.05, 0.1) is 31.7 Å². The molecule has 0 unspecified atom stereocenters. The molecule has 1 saturated carbocycles. The molecule has 1 saturated heterocycles. The Hall–Kier alpha value is -5.32. The number of imide groups is 1. The summed E-state index contributed by atoms with van der Waals surface area (Å²) in [4.78, 5) is 42.1. The highest BCUT2D eigenvalue weighted by molar-refractivity contribution is 6.25. The van der Waals surface area contributed by atoms with Crippen molar-refractivity contribution in [1.82, 2.24) is 10.0 Å². The molecule has 4 aliphatic rings. The molecule has 3 amide bonds. The van der Waals surface area contributed by atoms with Crippen LogP contribution in [0.1, 0.15) is 42.0 Å². The summed E-state index contributed by atoms with van der Waals surface area (Å²) in [5, 5.41) is 16.1. The Morgan fingerprint density at radius 3 is 2.24 bits per heavy atom. The number of aryl methyl sites for hydroxylation is 1. The monoisotopic (exact) mass is 618 g/mol. The molecule has 3 heterocycles. The van der Waals surface area contributed by atoms with Crippen molar-refractivity contribution in [2.24, 2.45) is 21.4 Å². The van der Waals surface area contributed by atoms with E-state index in [-0.39, 0.29) is 24.4 Å². The average molecular weight is 619 g/mol. The van der Waals surface area contributed by atoms with Crippen molar-refractivity contribution in [3.63, 3.8) is 0 Å². The average Bonchev–Trinajstić information content (AvgIpc) is 3.75. The molecule has 3 aliphatic heterocycles. The van der Waals surface area contributed by atoms with Gasteiger partial charge in [0.1, 0.15) is 18.0 Å². The standard InChI is InChI=1S/C35H34N6O5/c1-21-7-13-25(14-8-21)40-34(43)31-33(35(40)44)39(38-36-31)20-29(42)41-32(23-11-17-27(46-3)18-12-23)28-6-4-5-24(30(28)37-41)19-22-9-15-26(45-2)16-10-22/h7-19,28,31-33H,4-6,20H2,1-3H3/b24-19+/t28-,31-,32-,33+/m1/s1. The molecule has 1 aliphatic carbocycles. The van der Waals surface area contributed by atoms with Crippen LogP contribution in [-0.4, -0.2) is 66.3 Å². The van der Waals surface area contributed by atoms with Crippen LogP contribution in [0.5, 0.6) is 11.5 Å². The number of methoxy groups -OCH3 is 2. The van der Waals surface area contributed by atoms with E-state index in [1.807, 2.05) is 67.6 Å². The fraction of sp³-hybridized carbons (Fsp3) is 0.314. The van der Waals surface area contributed by atoms with Crippen LogP contribution < -0.4 is 14.4 Å². The maximum absolute atomic E-state index is 14.2. The number of carbonyl (C=O) groups is 3. The molecule has 0 N–H and O–H groups in total. The van der Waals surface area contributed by atoms with E-state index in [2.05, 4.69) is 16.4 Å². The maximum atomic E-state index is 14.2. The molecule has 0 bridgehead atoms. The van der Waals surface area contributed by atoms with Gasteiger partial charge in [-0.25, -0.2) is 9.91 Å². The summed E-state index contributed by atoms with van der Waals surface area (Å²) in [6.45, 7) is 1.68. The zero-order valence-corrected chi connectivity index (χ0v) is 25.9. The molecular formula is C35H34N6O5. The van der Waals surface area contributed by atoms with Gasteiger partial charge >= 0.3 is 0 Å². The molecule has 46 heavy (non-hydrogen) atoms. The first kappa shape index (κ1) is 29.4. The number of fused-ring (bicyclic) bond motifs is 2. The topological polar surface area (TPSA) is 116 Å². The lowest BCUT2D eigenvalue weighted by Gasteiger charge is -2.30. The SMILES string of the molecule is COc1ccc(/C=C2\CCC[C@@H]3C2=NN(C(=O)CN2N=N[C@H]4C(=O)N(c5ccc(C)cc5)C(=O)[C@H]42)[C@@H]3c2ccc(OC)cc2)cc1. The van der Waals surface area contributed by atoms with Crippen molar-refractivity contribution in [2.45, 2.75) is 44.3 Å². The van der Waals surface area contributed by atoms with Crippen molar-refractivity contribution in [1.29, 1.82) is 0 Å². The zero-order chi connectivity index (χ0) is 31.9. The van der Waals surface area contributed by atoms with E-state index in [0.29, 0.717) is 5.69 Å². The molecule has 0 radical (unpaired) electrons. The van der Waals surface area contributed by atoms with E-state index in [0.717, 1.165) is 63.6 Å². The van der Waals surface area contributed by atoms with Crippen molar-refractivity contribution in [3.8, 4) is 11.5 Å². The van der Waals surface area contributed by atoms with E-state index in [1.54, 1.807) is 26.4 Å². The largest absolute Gasteiger partial charge is 0.497 e. The van der Waals surface area contributed by atoms with Gasteiger partial charge in [0, 0.05) is 5.92 Å². The third kappa shape index (κ3) is 5.11. The summed E-state index contributed by atoms with van der Waals surface area (Å²) < 4.78 is 10.7. The van der Waals surface area contributed by atoms with Crippen LogP contribution >= 0.6 is 0 Å². The molecule has 234 valence electrons. The first-order valence-corrected chi connectivity index (χ1v) is 15.4. The minimum atomic E-state index is -0.995. The second kappa shape index (κ2) is 11.9. The quantitative estimate of drug-likeness (QED) is 0.339. The van der Waals surface area contributed by atoms with E-state index < -0.39 is 23.9 Å². The molecule has 0 aromatic heterocycles. The van der Waals surface area contributed by atoms with Gasteiger partial charge < -0.3 is 9.47 Å². The first-order valence-electron chi connectivity index (χ1n) is 15.4. The molecule has 11 nitrogen and oxygen atoms in total. The fourth-order valence-electron chi connectivity index (χ4n) is 6.76. The number of allylic oxidation sites excluding steroid dienone is 1. The molecule has 3 aromatic rings. The normalized spacial score (nSPS) is 24.4. The Bertz CT molecular complexity index is 1770. The van der Waals surface area contributed by atoms with Crippen LogP contribution in [0, 0.1) is 12.8 Å². The van der Waals surface area contributed by atoms with Gasteiger partial charge in [0.25, 0.3) is 17.7 Å². The highest BCUT2D eigenvalue weighted by Gasteiger charge is 2.55. The second-order valence-corrected chi connectivity index (χ2v) is 11.9. The Balaban J connectivity index is 1.18. The van der Waals surface area contributed by atoms with Gasteiger partial charge in [-0.15, -0.1) is 0 Å². The lowest BCUT2D eigenvalue weighted by molar-refractivity contribution is -0.136. The number of hydrogen-bond acceptors (Lipinski definition) is 9. The van der Waals surface area contributed by atoms with Crippen molar-refractivity contribution >= 4 is 35.2 Å². The highest BCUT2D eigenvalue weighted by atomic mass is 16.5.